The fourth-order valence-corrected chi connectivity index (χ4v) is 2.83. The van der Waals surface area contributed by atoms with E-state index in [0.717, 1.165) is 45.3 Å². The smallest absolute Gasteiger partial charge is 0.0610 e. The molecule has 3 atom stereocenters. The summed E-state index contributed by atoms with van der Waals surface area (Å²) in [4.78, 5) is 0. The molecule has 0 aromatic rings. The third-order valence-electron chi connectivity index (χ3n) is 4.29. The second-order valence-corrected chi connectivity index (χ2v) is 6.27. The van der Waals surface area contributed by atoms with Crippen molar-refractivity contribution in [1.82, 2.24) is 5.32 Å². The van der Waals surface area contributed by atoms with Gasteiger partial charge in [0.05, 0.1) is 18.8 Å². The molecule has 2 N–H and O–H groups in total. The van der Waals surface area contributed by atoms with Gasteiger partial charge in [-0.3, -0.25) is 0 Å². The largest absolute Gasteiger partial charge is 0.394 e. The minimum Gasteiger partial charge on any atom is -0.394 e. The van der Waals surface area contributed by atoms with E-state index in [1.54, 1.807) is 7.11 Å². The molecule has 1 saturated carbocycles. The highest BCUT2D eigenvalue weighted by molar-refractivity contribution is 4.82. The molecule has 4 heteroatoms. The van der Waals surface area contributed by atoms with Crippen molar-refractivity contribution in [3.63, 3.8) is 0 Å². The molecule has 0 radical (unpaired) electrons. The summed E-state index contributed by atoms with van der Waals surface area (Å²) in [5, 5.41) is 12.9. The van der Waals surface area contributed by atoms with E-state index in [0.29, 0.717) is 12.2 Å². The zero-order valence-corrected chi connectivity index (χ0v) is 13.5. The van der Waals surface area contributed by atoms with Gasteiger partial charge in [0.25, 0.3) is 0 Å². The van der Waals surface area contributed by atoms with Crippen molar-refractivity contribution in [2.24, 2.45) is 0 Å². The van der Waals surface area contributed by atoms with Gasteiger partial charge < -0.3 is 19.9 Å². The molecule has 0 bridgehead atoms. The van der Waals surface area contributed by atoms with Crippen molar-refractivity contribution >= 4 is 0 Å². The molecule has 0 aromatic carbocycles. The summed E-state index contributed by atoms with van der Waals surface area (Å²) in [6.07, 6.45) is 8.32. The summed E-state index contributed by atoms with van der Waals surface area (Å²) in [5.41, 5.74) is -0.166. The average Bonchev–Trinajstić information content (AvgIpc) is 2.50. The zero-order chi connectivity index (χ0) is 14.8. The van der Waals surface area contributed by atoms with Crippen LogP contribution in [-0.2, 0) is 9.47 Å². The van der Waals surface area contributed by atoms with Crippen molar-refractivity contribution in [3.05, 3.63) is 0 Å². The van der Waals surface area contributed by atoms with Crippen molar-refractivity contribution in [1.29, 1.82) is 0 Å². The summed E-state index contributed by atoms with van der Waals surface area (Å²) >= 11 is 0. The fourth-order valence-electron chi connectivity index (χ4n) is 2.83. The highest BCUT2D eigenvalue weighted by Crippen LogP contribution is 2.23. The maximum atomic E-state index is 9.51. The van der Waals surface area contributed by atoms with Gasteiger partial charge in [-0.1, -0.05) is 6.92 Å². The third kappa shape index (κ3) is 6.53. The maximum absolute atomic E-state index is 9.51. The highest BCUT2D eigenvalue weighted by atomic mass is 16.5. The quantitative estimate of drug-likeness (QED) is 0.606. The van der Waals surface area contributed by atoms with Crippen LogP contribution in [0.4, 0.5) is 0 Å². The first-order valence-corrected chi connectivity index (χ1v) is 8.14. The summed E-state index contributed by atoms with van der Waals surface area (Å²) in [5.74, 6) is 0. The van der Waals surface area contributed by atoms with Gasteiger partial charge in [0.2, 0.25) is 0 Å². The van der Waals surface area contributed by atoms with Crippen molar-refractivity contribution in [3.8, 4) is 0 Å². The molecular weight excluding hydrogens is 254 g/mol. The van der Waals surface area contributed by atoms with Gasteiger partial charge in [-0.05, 0) is 58.4 Å². The molecule has 1 aliphatic carbocycles. The Hall–Kier alpha value is -0.160. The van der Waals surface area contributed by atoms with E-state index in [1.165, 1.54) is 12.8 Å². The maximum Gasteiger partial charge on any atom is 0.0610 e. The zero-order valence-electron chi connectivity index (χ0n) is 13.5. The molecule has 4 nitrogen and oxygen atoms in total. The number of aliphatic hydroxyl groups is 1. The minimum absolute atomic E-state index is 0.166. The Morgan fingerprint density at radius 3 is 2.70 bits per heavy atom. The number of nitrogens with one attached hydrogen (secondary N) is 1. The van der Waals surface area contributed by atoms with E-state index in [1.807, 2.05) is 0 Å². The van der Waals surface area contributed by atoms with Gasteiger partial charge in [0.15, 0.2) is 0 Å². The predicted octanol–water partition coefficient (Wildman–Crippen LogP) is 2.49. The normalized spacial score (nSPS) is 26.4. The molecular formula is C16H33NO3. The van der Waals surface area contributed by atoms with E-state index in [4.69, 9.17) is 9.47 Å². The lowest BCUT2D eigenvalue weighted by atomic mass is 9.94. The Labute approximate surface area is 124 Å². The molecule has 0 amide bonds. The lowest BCUT2D eigenvalue weighted by Gasteiger charge is -2.30. The van der Waals surface area contributed by atoms with Crippen LogP contribution < -0.4 is 5.32 Å². The van der Waals surface area contributed by atoms with E-state index in [2.05, 4.69) is 19.2 Å². The van der Waals surface area contributed by atoms with Crippen molar-refractivity contribution in [2.75, 3.05) is 26.9 Å². The monoisotopic (exact) mass is 287 g/mol. The fraction of sp³-hybridized carbons (Fsp3) is 1.00. The Balaban J connectivity index is 2.16. The van der Waals surface area contributed by atoms with Gasteiger partial charge in [-0.2, -0.15) is 0 Å². The van der Waals surface area contributed by atoms with Crippen LogP contribution in [0.3, 0.4) is 0 Å². The second kappa shape index (κ2) is 9.72. The summed E-state index contributed by atoms with van der Waals surface area (Å²) in [7, 11) is 1.79. The van der Waals surface area contributed by atoms with E-state index >= 15 is 0 Å². The van der Waals surface area contributed by atoms with Crippen LogP contribution in [0.5, 0.6) is 0 Å². The van der Waals surface area contributed by atoms with E-state index < -0.39 is 0 Å². The number of methoxy groups -OCH3 is 1. The van der Waals surface area contributed by atoms with Crippen LogP contribution in [0.15, 0.2) is 0 Å². The van der Waals surface area contributed by atoms with E-state index in [-0.39, 0.29) is 12.1 Å². The molecule has 20 heavy (non-hydrogen) atoms. The van der Waals surface area contributed by atoms with Crippen LogP contribution >= 0.6 is 0 Å². The van der Waals surface area contributed by atoms with Crippen LogP contribution in [0.2, 0.25) is 0 Å². The predicted molar refractivity (Wildman–Crippen MR) is 82.0 cm³/mol. The van der Waals surface area contributed by atoms with E-state index in [9.17, 15) is 5.11 Å². The molecule has 0 spiro atoms. The Morgan fingerprint density at radius 1 is 1.30 bits per heavy atom. The van der Waals surface area contributed by atoms with Crippen LogP contribution in [-0.4, -0.2) is 49.7 Å². The number of hydrogen-bond acceptors (Lipinski definition) is 4. The molecule has 120 valence electrons. The highest BCUT2D eigenvalue weighted by Gasteiger charge is 2.24. The topological polar surface area (TPSA) is 50.7 Å². The Kier molecular flexibility index (Phi) is 8.69. The first-order chi connectivity index (χ1) is 9.63. The van der Waals surface area contributed by atoms with Crippen molar-refractivity contribution in [2.45, 2.75) is 76.5 Å². The third-order valence-corrected chi connectivity index (χ3v) is 4.29. The minimum atomic E-state index is -0.166. The molecule has 0 saturated heterocycles. The van der Waals surface area contributed by atoms with Gasteiger partial charge in [0, 0.05) is 19.3 Å². The lowest BCUT2D eigenvalue weighted by molar-refractivity contribution is -0.0318. The molecule has 3 unspecified atom stereocenters. The second-order valence-electron chi connectivity index (χ2n) is 6.27. The van der Waals surface area contributed by atoms with Gasteiger partial charge >= 0.3 is 0 Å². The molecule has 1 aliphatic rings. The molecule has 1 fully saturated rings. The molecule has 0 heterocycles. The van der Waals surface area contributed by atoms with Crippen LogP contribution in [0, 0.1) is 0 Å². The van der Waals surface area contributed by atoms with Crippen molar-refractivity contribution < 1.29 is 14.6 Å². The molecule has 0 aliphatic heterocycles. The standard InChI is InChI=1S/C16H33NO3/c1-4-10-17-16(2,13-18)9-6-11-20-15-8-5-7-14(12-15)19-3/h14-15,17-18H,4-13H2,1-3H3. The van der Waals surface area contributed by atoms with Gasteiger partial charge in [-0.15, -0.1) is 0 Å². The summed E-state index contributed by atoms with van der Waals surface area (Å²) in [6.45, 7) is 6.15. The molecule has 1 rings (SSSR count). The number of hydrogen-bond donors (Lipinski definition) is 2. The number of rotatable bonds is 10. The first kappa shape index (κ1) is 17.9. The number of aliphatic hydroxyl groups excluding tert-OH is 1. The lowest BCUT2D eigenvalue weighted by Crippen LogP contribution is -2.46. The van der Waals surface area contributed by atoms with Gasteiger partial charge in [0.1, 0.15) is 0 Å². The summed E-state index contributed by atoms with van der Waals surface area (Å²) < 4.78 is 11.4. The van der Waals surface area contributed by atoms with Gasteiger partial charge in [-0.25, -0.2) is 0 Å². The number of ether oxygens (including phenoxy) is 2. The Bertz CT molecular complexity index is 250. The average molecular weight is 287 g/mol. The van der Waals surface area contributed by atoms with Crippen LogP contribution in [0.25, 0.3) is 0 Å². The SMILES string of the molecule is CCCNC(C)(CO)CCCOC1CCCC(OC)C1. The van der Waals surface area contributed by atoms with Crippen LogP contribution in [0.1, 0.15) is 58.8 Å². The summed E-state index contributed by atoms with van der Waals surface area (Å²) in [6, 6.07) is 0. The first-order valence-electron chi connectivity index (χ1n) is 8.14. The Morgan fingerprint density at radius 2 is 2.05 bits per heavy atom. The molecule has 0 aromatic heterocycles.